The minimum absolute atomic E-state index is 0.00159. The molecule has 8 heteroatoms. The number of hydrazine groups is 1. The van der Waals surface area contributed by atoms with Gasteiger partial charge in [0.25, 0.3) is 5.91 Å². The van der Waals surface area contributed by atoms with Crippen molar-refractivity contribution < 1.29 is 4.79 Å². The summed E-state index contributed by atoms with van der Waals surface area (Å²) in [6.07, 6.45) is 4.05. The Labute approximate surface area is 182 Å². The SMILES string of the molecule is Cc1cc(Cl)ccc1N1N=C(C(=O)NN2CCCCC2)CC1c1ccc(Br)s1. The molecular formula is C20H22BrClN4OS. The number of piperidine rings is 1. The molecule has 1 atom stereocenters. The Bertz CT molecular complexity index is 909. The van der Waals surface area contributed by atoms with Gasteiger partial charge in [0.2, 0.25) is 0 Å². The lowest BCUT2D eigenvalue weighted by molar-refractivity contribution is -0.119. The van der Waals surface area contributed by atoms with Gasteiger partial charge in [0.1, 0.15) is 5.71 Å². The lowest BCUT2D eigenvalue weighted by Crippen LogP contribution is -2.47. The van der Waals surface area contributed by atoms with Gasteiger partial charge in [0.15, 0.2) is 0 Å². The molecule has 1 aromatic carbocycles. The van der Waals surface area contributed by atoms with Gasteiger partial charge >= 0.3 is 0 Å². The van der Waals surface area contributed by atoms with E-state index in [9.17, 15) is 4.79 Å². The zero-order valence-corrected chi connectivity index (χ0v) is 18.8. The van der Waals surface area contributed by atoms with Crippen molar-refractivity contribution in [3.05, 3.63) is 49.6 Å². The van der Waals surface area contributed by atoms with Crippen LogP contribution in [0.1, 0.15) is 42.2 Å². The van der Waals surface area contributed by atoms with E-state index in [1.807, 2.05) is 41.2 Å². The predicted molar refractivity (Wildman–Crippen MR) is 119 cm³/mol. The summed E-state index contributed by atoms with van der Waals surface area (Å²) < 4.78 is 1.07. The molecule has 3 heterocycles. The number of benzene rings is 1. The van der Waals surface area contributed by atoms with Crippen LogP contribution in [0, 0.1) is 6.92 Å². The Hall–Kier alpha value is -1.41. The first-order valence-electron chi connectivity index (χ1n) is 9.45. The topological polar surface area (TPSA) is 47.9 Å². The molecule has 1 unspecified atom stereocenters. The highest BCUT2D eigenvalue weighted by molar-refractivity contribution is 9.11. The number of hydrazone groups is 1. The molecule has 1 amide bonds. The number of hydrogen-bond acceptors (Lipinski definition) is 5. The van der Waals surface area contributed by atoms with Crippen molar-refractivity contribution in [3.63, 3.8) is 0 Å². The van der Waals surface area contributed by atoms with Crippen LogP contribution in [0.2, 0.25) is 5.02 Å². The molecule has 2 aliphatic heterocycles. The van der Waals surface area contributed by atoms with E-state index < -0.39 is 0 Å². The molecule has 0 saturated carbocycles. The number of nitrogens with zero attached hydrogens (tertiary/aromatic N) is 3. The summed E-state index contributed by atoms with van der Waals surface area (Å²) in [6, 6.07) is 9.91. The van der Waals surface area contributed by atoms with E-state index in [-0.39, 0.29) is 11.9 Å². The fourth-order valence-corrected chi connectivity index (χ4v) is 5.42. The second-order valence-corrected chi connectivity index (χ2v) is 10.1. The van der Waals surface area contributed by atoms with Crippen LogP contribution in [0.5, 0.6) is 0 Å². The minimum Gasteiger partial charge on any atom is -0.284 e. The van der Waals surface area contributed by atoms with Crippen LogP contribution in [-0.4, -0.2) is 29.7 Å². The first kappa shape index (κ1) is 19.9. The molecule has 1 aromatic heterocycles. The highest BCUT2D eigenvalue weighted by Gasteiger charge is 2.34. The molecule has 0 radical (unpaired) electrons. The molecule has 4 rings (SSSR count). The molecule has 5 nitrogen and oxygen atoms in total. The molecule has 2 aromatic rings. The van der Waals surface area contributed by atoms with Crippen molar-refractivity contribution in [2.45, 2.75) is 38.6 Å². The van der Waals surface area contributed by atoms with Crippen molar-refractivity contribution in [1.82, 2.24) is 10.4 Å². The summed E-state index contributed by atoms with van der Waals surface area (Å²) in [6.45, 7) is 3.82. The number of nitrogens with one attached hydrogen (secondary N) is 1. The highest BCUT2D eigenvalue weighted by Crippen LogP contribution is 2.40. The summed E-state index contributed by atoms with van der Waals surface area (Å²) in [5.74, 6) is -0.100. The summed E-state index contributed by atoms with van der Waals surface area (Å²) in [5.41, 5.74) is 5.62. The maximum Gasteiger partial charge on any atom is 0.281 e. The molecule has 1 saturated heterocycles. The van der Waals surface area contributed by atoms with Crippen LogP contribution in [0.3, 0.4) is 0 Å². The van der Waals surface area contributed by atoms with Gasteiger partial charge in [-0.05, 0) is 71.6 Å². The molecule has 0 spiro atoms. The van der Waals surface area contributed by atoms with E-state index in [1.165, 1.54) is 11.3 Å². The Morgan fingerprint density at radius 3 is 2.71 bits per heavy atom. The summed E-state index contributed by atoms with van der Waals surface area (Å²) >= 11 is 11.4. The molecule has 1 N–H and O–H groups in total. The van der Waals surface area contributed by atoms with Gasteiger partial charge < -0.3 is 0 Å². The molecule has 28 heavy (non-hydrogen) atoms. The maximum absolute atomic E-state index is 12.9. The Balaban J connectivity index is 1.61. The van der Waals surface area contributed by atoms with Crippen molar-refractivity contribution in [1.29, 1.82) is 0 Å². The lowest BCUT2D eigenvalue weighted by Gasteiger charge is -2.26. The average Bonchev–Trinajstić information content (AvgIpc) is 3.29. The number of hydrogen-bond donors (Lipinski definition) is 1. The van der Waals surface area contributed by atoms with Crippen LogP contribution < -0.4 is 10.4 Å². The molecule has 148 valence electrons. The number of carbonyl (C=O) groups is 1. The highest BCUT2D eigenvalue weighted by atomic mass is 79.9. The summed E-state index contributed by atoms with van der Waals surface area (Å²) in [4.78, 5) is 14.0. The van der Waals surface area contributed by atoms with Gasteiger partial charge in [-0.3, -0.25) is 15.2 Å². The quantitative estimate of drug-likeness (QED) is 0.645. The summed E-state index contributed by atoms with van der Waals surface area (Å²) in [7, 11) is 0. The number of anilines is 1. The number of thiophene rings is 1. The Morgan fingerprint density at radius 2 is 2.04 bits per heavy atom. The van der Waals surface area contributed by atoms with Crippen LogP contribution in [0.25, 0.3) is 0 Å². The Kier molecular flexibility index (Phi) is 6.06. The fraction of sp³-hybridized carbons (Fsp3) is 0.400. The van der Waals surface area contributed by atoms with Crippen LogP contribution in [0.4, 0.5) is 5.69 Å². The summed E-state index contributed by atoms with van der Waals surface area (Å²) in [5, 5.41) is 9.42. The van der Waals surface area contributed by atoms with Crippen LogP contribution in [-0.2, 0) is 4.79 Å². The van der Waals surface area contributed by atoms with Gasteiger partial charge in [0, 0.05) is 29.4 Å². The minimum atomic E-state index is -0.100. The van der Waals surface area contributed by atoms with E-state index in [0.29, 0.717) is 17.2 Å². The number of rotatable bonds is 4. The van der Waals surface area contributed by atoms with E-state index in [2.05, 4.69) is 27.4 Å². The largest absolute Gasteiger partial charge is 0.284 e. The zero-order chi connectivity index (χ0) is 19.7. The van der Waals surface area contributed by atoms with E-state index in [0.717, 1.165) is 41.0 Å². The van der Waals surface area contributed by atoms with Crippen molar-refractivity contribution in [2.24, 2.45) is 5.10 Å². The van der Waals surface area contributed by atoms with E-state index in [1.54, 1.807) is 11.3 Å². The number of carbonyl (C=O) groups excluding carboxylic acids is 1. The fourth-order valence-electron chi connectivity index (χ4n) is 3.69. The average molecular weight is 482 g/mol. The molecule has 1 fully saturated rings. The molecule has 2 aliphatic rings. The van der Waals surface area contributed by atoms with Gasteiger partial charge in [-0.15, -0.1) is 11.3 Å². The predicted octanol–water partition coefficient (Wildman–Crippen LogP) is 5.30. The van der Waals surface area contributed by atoms with Crippen molar-refractivity contribution in [2.75, 3.05) is 18.1 Å². The first-order valence-corrected chi connectivity index (χ1v) is 11.4. The second-order valence-electron chi connectivity index (χ2n) is 7.17. The maximum atomic E-state index is 12.9. The van der Waals surface area contributed by atoms with Crippen molar-refractivity contribution >= 4 is 56.2 Å². The van der Waals surface area contributed by atoms with E-state index >= 15 is 0 Å². The number of amides is 1. The standard InChI is InChI=1S/C20H22BrClN4OS/c1-13-11-14(22)5-6-16(13)26-17(18-7-8-19(21)28-18)12-15(23-26)20(27)24-25-9-3-2-4-10-25/h5-8,11,17H,2-4,9-10,12H2,1H3,(H,24,27). The van der Waals surface area contributed by atoms with Gasteiger partial charge in [0.05, 0.1) is 15.5 Å². The smallest absolute Gasteiger partial charge is 0.281 e. The van der Waals surface area contributed by atoms with Gasteiger partial charge in [-0.2, -0.15) is 5.10 Å². The van der Waals surface area contributed by atoms with Crippen molar-refractivity contribution in [3.8, 4) is 0 Å². The van der Waals surface area contributed by atoms with E-state index in [4.69, 9.17) is 16.7 Å². The third-order valence-electron chi connectivity index (χ3n) is 5.12. The third-order valence-corrected chi connectivity index (χ3v) is 7.08. The van der Waals surface area contributed by atoms with Crippen LogP contribution in [0.15, 0.2) is 39.2 Å². The van der Waals surface area contributed by atoms with Gasteiger partial charge in [-0.1, -0.05) is 18.0 Å². The number of halogens is 2. The second kappa shape index (κ2) is 8.53. The zero-order valence-electron chi connectivity index (χ0n) is 15.6. The molecule has 0 aliphatic carbocycles. The molecular weight excluding hydrogens is 460 g/mol. The third kappa shape index (κ3) is 4.27. The number of aryl methyl sites for hydroxylation is 1. The molecule has 0 bridgehead atoms. The normalized spacial score (nSPS) is 20.3. The first-order chi connectivity index (χ1) is 13.5. The Morgan fingerprint density at radius 1 is 1.25 bits per heavy atom. The monoisotopic (exact) mass is 480 g/mol. The van der Waals surface area contributed by atoms with Gasteiger partial charge in [-0.25, -0.2) is 5.01 Å². The van der Waals surface area contributed by atoms with Crippen LogP contribution >= 0.6 is 38.9 Å². The lowest BCUT2D eigenvalue weighted by atomic mass is 10.1.